The molecule has 3 aromatic rings. The van der Waals surface area contributed by atoms with Gasteiger partial charge >= 0.3 is 0 Å². The van der Waals surface area contributed by atoms with E-state index in [0.29, 0.717) is 11.3 Å². The van der Waals surface area contributed by atoms with Gasteiger partial charge in [-0.3, -0.25) is 9.78 Å². The van der Waals surface area contributed by atoms with E-state index < -0.39 is 15.9 Å². The first-order valence-electron chi connectivity index (χ1n) is 8.15. The van der Waals surface area contributed by atoms with Gasteiger partial charge in [-0.25, -0.2) is 12.7 Å². The number of hydrogen-bond acceptors (Lipinski definition) is 4. The molecule has 0 unspecified atom stereocenters. The Balaban J connectivity index is 2.15. The van der Waals surface area contributed by atoms with E-state index in [1.807, 2.05) is 39.0 Å². The Kier molecular flexibility index (Phi) is 4.54. The minimum Gasteiger partial charge on any atom is -0.268 e. The molecule has 0 saturated carbocycles. The molecular weight excluding hydrogens is 348 g/mol. The van der Waals surface area contributed by atoms with Gasteiger partial charge < -0.3 is 0 Å². The van der Waals surface area contributed by atoms with Gasteiger partial charge in [0.25, 0.3) is 5.91 Å². The van der Waals surface area contributed by atoms with Crippen LogP contribution in [0.1, 0.15) is 27.2 Å². The first-order valence-corrected chi connectivity index (χ1v) is 10.0. The Morgan fingerprint density at radius 1 is 0.923 bits per heavy atom. The molecule has 0 fully saturated rings. The largest absolute Gasteiger partial charge is 0.272 e. The number of fused-ring (bicyclic) bond motifs is 1. The van der Waals surface area contributed by atoms with Crippen LogP contribution < -0.4 is 4.31 Å². The summed E-state index contributed by atoms with van der Waals surface area (Å²) in [5, 5.41) is 0.773. The third-order valence-corrected chi connectivity index (χ3v) is 5.07. The summed E-state index contributed by atoms with van der Waals surface area (Å²) in [5.74, 6) is -0.571. The van der Waals surface area contributed by atoms with Crippen molar-refractivity contribution in [3.63, 3.8) is 0 Å². The Bertz CT molecular complexity index is 1100. The van der Waals surface area contributed by atoms with E-state index in [1.54, 1.807) is 30.3 Å². The van der Waals surface area contributed by atoms with Gasteiger partial charge in [-0.05, 0) is 57.2 Å². The monoisotopic (exact) mass is 368 g/mol. The van der Waals surface area contributed by atoms with Gasteiger partial charge in [0.1, 0.15) is 0 Å². The summed E-state index contributed by atoms with van der Waals surface area (Å²) >= 11 is 0. The summed E-state index contributed by atoms with van der Waals surface area (Å²) in [5.41, 5.74) is 4.07. The van der Waals surface area contributed by atoms with Gasteiger partial charge in [0, 0.05) is 16.6 Å². The van der Waals surface area contributed by atoms with Crippen molar-refractivity contribution < 1.29 is 13.2 Å². The molecule has 2 aromatic carbocycles. The second-order valence-corrected chi connectivity index (χ2v) is 8.37. The summed E-state index contributed by atoms with van der Waals surface area (Å²) in [7, 11) is -3.80. The molecule has 0 N–H and O–H groups in total. The van der Waals surface area contributed by atoms with E-state index in [4.69, 9.17) is 0 Å². The van der Waals surface area contributed by atoms with E-state index in [0.717, 1.165) is 38.3 Å². The summed E-state index contributed by atoms with van der Waals surface area (Å²) in [6.45, 7) is 5.64. The van der Waals surface area contributed by atoms with Gasteiger partial charge in [-0.2, -0.15) is 0 Å². The van der Waals surface area contributed by atoms with Crippen LogP contribution in [-0.2, 0) is 10.0 Å². The lowest BCUT2D eigenvalue weighted by molar-refractivity contribution is 0.101. The highest BCUT2D eigenvalue weighted by Crippen LogP contribution is 2.25. The maximum absolute atomic E-state index is 13.0. The lowest BCUT2D eigenvalue weighted by Gasteiger charge is -2.21. The Hall–Kier alpha value is -2.73. The molecule has 6 heteroatoms. The van der Waals surface area contributed by atoms with Gasteiger partial charge in [0.05, 0.1) is 17.5 Å². The second kappa shape index (κ2) is 6.53. The van der Waals surface area contributed by atoms with Gasteiger partial charge in [-0.1, -0.05) is 23.3 Å². The minimum atomic E-state index is -3.80. The van der Waals surface area contributed by atoms with Crippen LogP contribution in [0, 0.1) is 20.8 Å². The summed E-state index contributed by atoms with van der Waals surface area (Å²) < 4.78 is 25.6. The number of rotatable bonds is 3. The molecule has 134 valence electrons. The van der Waals surface area contributed by atoms with Gasteiger partial charge in [0.2, 0.25) is 10.0 Å². The Morgan fingerprint density at radius 2 is 1.58 bits per heavy atom. The molecule has 0 saturated heterocycles. The normalized spacial score (nSPS) is 11.5. The molecule has 5 nitrogen and oxygen atoms in total. The molecule has 0 spiro atoms. The molecular formula is C20H20N2O3S. The number of aromatic nitrogens is 1. The summed E-state index contributed by atoms with van der Waals surface area (Å²) in [4.78, 5) is 17.4. The zero-order valence-electron chi connectivity index (χ0n) is 15.1. The third kappa shape index (κ3) is 3.60. The third-order valence-electron chi connectivity index (χ3n) is 4.03. The first-order chi connectivity index (χ1) is 12.1. The number of anilines is 1. The second-order valence-electron chi connectivity index (χ2n) is 6.54. The van der Waals surface area contributed by atoms with Crippen molar-refractivity contribution in [3.8, 4) is 0 Å². The molecule has 1 aromatic heterocycles. The van der Waals surface area contributed by atoms with Crippen molar-refractivity contribution in [1.29, 1.82) is 0 Å². The van der Waals surface area contributed by atoms with Crippen molar-refractivity contribution in [2.75, 3.05) is 10.6 Å². The fraction of sp³-hybridized carbons (Fsp3) is 0.200. The zero-order valence-corrected chi connectivity index (χ0v) is 16.0. The Labute approximate surface area is 153 Å². The number of carbonyl (C=O) groups excluding carboxylic acids is 1. The van der Waals surface area contributed by atoms with Crippen molar-refractivity contribution in [2.45, 2.75) is 20.8 Å². The van der Waals surface area contributed by atoms with Crippen LogP contribution in [-0.4, -0.2) is 25.6 Å². The average Bonchev–Trinajstić information content (AvgIpc) is 2.52. The van der Waals surface area contributed by atoms with Crippen molar-refractivity contribution in [3.05, 3.63) is 70.9 Å². The fourth-order valence-electron chi connectivity index (χ4n) is 3.02. The van der Waals surface area contributed by atoms with Crippen molar-refractivity contribution in [2.24, 2.45) is 0 Å². The minimum absolute atomic E-state index is 0.301. The highest BCUT2D eigenvalue weighted by atomic mass is 32.2. The fourth-order valence-corrected chi connectivity index (χ4v) is 3.92. The number of sulfonamides is 1. The maximum atomic E-state index is 13.0. The SMILES string of the molecule is Cc1cc(C)cc(C(=O)N(c2ccc3nc(C)ccc3c2)S(C)(=O)=O)c1. The van der Waals surface area contributed by atoms with Gasteiger partial charge in [-0.15, -0.1) is 0 Å². The van der Waals surface area contributed by atoms with Crippen LogP contribution >= 0.6 is 0 Å². The Morgan fingerprint density at radius 3 is 2.19 bits per heavy atom. The summed E-state index contributed by atoms with van der Waals surface area (Å²) in [6.07, 6.45) is 1.03. The topological polar surface area (TPSA) is 67.3 Å². The quantitative estimate of drug-likeness (QED) is 0.706. The number of aryl methyl sites for hydroxylation is 3. The molecule has 3 rings (SSSR count). The average molecular weight is 368 g/mol. The first kappa shape index (κ1) is 18.1. The number of amides is 1. The van der Waals surface area contributed by atoms with E-state index in [-0.39, 0.29) is 0 Å². The van der Waals surface area contributed by atoms with Crippen LogP contribution in [0.15, 0.2) is 48.5 Å². The predicted octanol–water partition coefficient (Wildman–Crippen LogP) is 3.77. The lowest BCUT2D eigenvalue weighted by Crippen LogP contribution is -2.36. The molecule has 0 atom stereocenters. The van der Waals surface area contributed by atoms with Crippen LogP contribution in [0.25, 0.3) is 10.9 Å². The molecule has 1 heterocycles. The molecule has 0 aliphatic heterocycles. The van der Waals surface area contributed by atoms with Gasteiger partial charge in [0.15, 0.2) is 0 Å². The number of nitrogens with zero attached hydrogens (tertiary/aromatic N) is 2. The van der Waals surface area contributed by atoms with E-state index in [2.05, 4.69) is 4.98 Å². The number of hydrogen-bond donors (Lipinski definition) is 0. The van der Waals surface area contributed by atoms with Crippen LogP contribution in [0.2, 0.25) is 0 Å². The standard InChI is InChI=1S/C20H20N2O3S/c1-13-9-14(2)11-17(10-13)20(23)22(26(4,24)25)18-7-8-19-16(12-18)6-5-15(3)21-19/h5-12H,1-4H3. The van der Waals surface area contributed by atoms with E-state index >= 15 is 0 Å². The number of pyridine rings is 1. The van der Waals surface area contributed by atoms with Crippen LogP contribution in [0.3, 0.4) is 0 Å². The smallest absolute Gasteiger partial charge is 0.268 e. The molecule has 0 radical (unpaired) electrons. The molecule has 0 aliphatic rings. The number of carbonyl (C=O) groups is 1. The lowest BCUT2D eigenvalue weighted by atomic mass is 10.1. The molecule has 0 bridgehead atoms. The van der Waals surface area contributed by atoms with E-state index in [9.17, 15) is 13.2 Å². The zero-order chi connectivity index (χ0) is 19.1. The van der Waals surface area contributed by atoms with Crippen molar-refractivity contribution >= 4 is 32.5 Å². The molecule has 26 heavy (non-hydrogen) atoms. The van der Waals surface area contributed by atoms with E-state index in [1.165, 1.54) is 0 Å². The molecule has 0 aliphatic carbocycles. The highest BCUT2D eigenvalue weighted by molar-refractivity contribution is 7.92. The predicted molar refractivity (Wildman–Crippen MR) is 104 cm³/mol. The number of benzene rings is 2. The highest BCUT2D eigenvalue weighted by Gasteiger charge is 2.27. The van der Waals surface area contributed by atoms with Crippen LogP contribution in [0.4, 0.5) is 5.69 Å². The molecule has 1 amide bonds. The van der Waals surface area contributed by atoms with Crippen LogP contribution in [0.5, 0.6) is 0 Å². The maximum Gasteiger partial charge on any atom is 0.272 e. The summed E-state index contributed by atoms with van der Waals surface area (Å²) in [6, 6.07) is 14.0. The van der Waals surface area contributed by atoms with Crippen molar-refractivity contribution in [1.82, 2.24) is 4.98 Å².